The predicted molar refractivity (Wildman–Crippen MR) is 118 cm³/mol. The molecule has 1 aliphatic heterocycles. The van der Waals surface area contributed by atoms with Crippen molar-refractivity contribution in [3.05, 3.63) is 54.1 Å². The molecule has 0 spiro atoms. The minimum atomic E-state index is -3.82. The van der Waals surface area contributed by atoms with Gasteiger partial charge in [-0.15, -0.1) is 5.10 Å². The highest BCUT2D eigenvalue weighted by atomic mass is 32.2. The number of carbonyl (C=O) groups excluding carboxylic acids is 1. The van der Waals surface area contributed by atoms with E-state index in [4.69, 9.17) is 0 Å². The smallest absolute Gasteiger partial charge is 0.243 e. The summed E-state index contributed by atoms with van der Waals surface area (Å²) in [6.07, 6.45) is 2.09. The number of nitrogens with zero attached hydrogens (tertiary/aromatic N) is 5. The average Bonchev–Trinajstić information content (AvgIpc) is 3.42. The van der Waals surface area contributed by atoms with Crippen LogP contribution in [-0.2, 0) is 27.9 Å². The minimum absolute atomic E-state index is 0.147. The van der Waals surface area contributed by atoms with E-state index >= 15 is 0 Å². The van der Waals surface area contributed by atoms with E-state index in [1.807, 2.05) is 37.3 Å². The number of carbonyl (C=O) groups is 1. The molecule has 2 aromatic carbocycles. The first-order chi connectivity index (χ1) is 14.9. The third kappa shape index (κ3) is 4.20. The summed E-state index contributed by atoms with van der Waals surface area (Å²) < 4.78 is 29.9. The summed E-state index contributed by atoms with van der Waals surface area (Å²) in [6, 6.07) is 13.9. The van der Waals surface area contributed by atoms with Crippen molar-refractivity contribution in [1.29, 1.82) is 0 Å². The molecular formula is C22H27N5O3S. The lowest BCUT2D eigenvalue weighted by atomic mass is 10.1. The van der Waals surface area contributed by atoms with Gasteiger partial charge in [-0.05, 0) is 43.0 Å². The van der Waals surface area contributed by atoms with E-state index in [2.05, 4.69) is 10.3 Å². The Labute approximate surface area is 182 Å². The van der Waals surface area contributed by atoms with Crippen LogP contribution in [0.15, 0.2) is 53.4 Å². The van der Waals surface area contributed by atoms with Crippen LogP contribution in [-0.4, -0.2) is 58.2 Å². The molecule has 0 N–H and O–H groups in total. The third-order valence-corrected chi connectivity index (χ3v) is 7.56. The molecule has 164 valence electrons. The van der Waals surface area contributed by atoms with E-state index in [-0.39, 0.29) is 10.8 Å². The van der Waals surface area contributed by atoms with Gasteiger partial charge in [0.15, 0.2) is 0 Å². The highest BCUT2D eigenvalue weighted by Gasteiger charge is 2.40. The first-order valence-electron chi connectivity index (χ1n) is 10.6. The van der Waals surface area contributed by atoms with Gasteiger partial charge in [-0.2, -0.15) is 4.31 Å². The maximum absolute atomic E-state index is 13.4. The van der Waals surface area contributed by atoms with Crippen LogP contribution in [0, 0.1) is 0 Å². The molecule has 0 radical (unpaired) electrons. The molecule has 0 bridgehead atoms. The normalized spacial score (nSPS) is 17.3. The zero-order chi connectivity index (χ0) is 22.0. The SMILES string of the molecule is CCCn1nnc2cc(S(=O)(=O)N3CCCC3C(=O)N(C)Cc3ccccc3)ccc21. The molecule has 1 amide bonds. The zero-order valence-electron chi connectivity index (χ0n) is 17.8. The number of amides is 1. The summed E-state index contributed by atoms with van der Waals surface area (Å²) in [5.41, 5.74) is 2.35. The van der Waals surface area contributed by atoms with Crippen LogP contribution in [0.4, 0.5) is 0 Å². The number of aromatic nitrogens is 3. The maximum Gasteiger partial charge on any atom is 0.243 e. The number of rotatable bonds is 7. The number of hydrogen-bond acceptors (Lipinski definition) is 5. The van der Waals surface area contributed by atoms with Crippen LogP contribution >= 0.6 is 0 Å². The van der Waals surface area contributed by atoms with Gasteiger partial charge in [-0.25, -0.2) is 13.1 Å². The molecular weight excluding hydrogens is 414 g/mol. The molecule has 0 aliphatic carbocycles. The van der Waals surface area contributed by atoms with Crippen LogP contribution in [0.5, 0.6) is 0 Å². The Hall–Kier alpha value is -2.78. The summed E-state index contributed by atoms with van der Waals surface area (Å²) in [5.74, 6) is -0.181. The van der Waals surface area contributed by atoms with Gasteiger partial charge < -0.3 is 4.90 Å². The second-order valence-corrected chi connectivity index (χ2v) is 9.81. The second kappa shape index (κ2) is 8.76. The van der Waals surface area contributed by atoms with Crippen molar-refractivity contribution in [1.82, 2.24) is 24.2 Å². The van der Waals surface area contributed by atoms with Crippen LogP contribution in [0.3, 0.4) is 0 Å². The van der Waals surface area contributed by atoms with Crippen molar-refractivity contribution in [2.24, 2.45) is 0 Å². The van der Waals surface area contributed by atoms with Crippen molar-refractivity contribution in [3.63, 3.8) is 0 Å². The molecule has 9 heteroatoms. The number of fused-ring (bicyclic) bond motifs is 1. The van der Waals surface area contributed by atoms with Crippen molar-refractivity contribution < 1.29 is 13.2 Å². The van der Waals surface area contributed by atoms with Gasteiger partial charge in [-0.1, -0.05) is 42.5 Å². The van der Waals surface area contributed by atoms with Gasteiger partial charge >= 0.3 is 0 Å². The van der Waals surface area contributed by atoms with Gasteiger partial charge in [0.2, 0.25) is 15.9 Å². The fourth-order valence-electron chi connectivity index (χ4n) is 4.09. The molecule has 1 fully saturated rings. The summed E-state index contributed by atoms with van der Waals surface area (Å²) in [7, 11) is -2.11. The molecule has 1 aliphatic rings. The van der Waals surface area contributed by atoms with Crippen molar-refractivity contribution in [2.45, 2.75) is 50.2 Å². The molecule has 1 atom stereocenters. The van der Waals surface area contributed by atoms with E-state index in [0.717, 1.165) is 24.0 Å². The monoisotopic (exact) mass is 441 g/mol. The molecule has 31 heavy (non-hydrogen) atoms. The first-order valence-corrected chi connectivity index (χ1v) is 12.0. The van der Waals surface area contributed by atoms with E-state index in [1.165, 1.54) is 4.31 Å². The largest absolute Gasteiger partial charge is 0.340 e. The van der Waals surface area contributed by atoms with Gasteiger partial charge in [-0.3, -0.25) is 4.79 Å². The van der Waals surface area contributed by atoms with Gasteiger partial charge in [0.05, 0.1) is 10.4 Å². The molecule has 8 nitrogen and oxygen atoms in total. The Morgan fingerprint density at radius 2 is 1.97 bits per heavy atom. The number of likely N-dealkylation sites (N-methyl/N-ethyl adjacent to an activating group) is 1. The summed E-state index contributed by atoms with van der Waals surface area (Å²) in [4.78, 5) is 14.9. The Bertz CT molecular complexity index is 1180. The first kappa shape index (κ1) is 21.5. The van der Waals surface area contributed by atoms with Crippen LogP contribution in [0.25, 0.3) is 11.0 Å². The van der Waals surface area contributed by atoms with E-state index in [9.17, 15) is 13.2 Å². The lowest BCUT2D eigenvalue weighted by Gasteiger charge is -2.27. The highest BCUT2D eigenvalue weighted by Crippen LogP contribution is 2.29. The van der Waals surface area contributed by atoms with E-state index in [1.54, 1.807) is 34.8 Å². The van der Waals surface area contributed by atoms with Gasteiger partial charge in [0.1, 0.15) is 11.6 Å². The summed E-state index contributed by atoms with van der Waals surface area (Å²) in [6.45, 7) is 3.54. The average molecular weight is 442 g/mol. The number of sulfonamides is 1. The van der Waals surface area contributed by atoms with E-state index in [0.29, 0.717) is 31.4 Å². The molecule has 3 aromatic rings. The lowest BCUT2D eigenvalue weighted by Crippen LogP contribution is -2.46. The number of benzene rings is 2. The number of hydrogen-bond donors (Lipinski definition) is 0. The van der Waals surface area contributed by atoms with E-state index < -0.39 is 16.1 Å². The van der Waals surface area contributed by atoms with Crippen LogP contribution in [0.2, 0.25) is 0 Å². The fraction of sp³-hybridized carbons (Fsp3) is 0.409. The molecule has 1 unspecified atom stereocenters. The Kier molecular flexibility index (Phi) is 6.06. The maximum atomic E-state index is 13.4. The standard InChI is InChI=1S/C22H27N5O3S/c1-3-13-26-20-12-11-18(15-19(20)23-24-26)31(29,30)27-14-7-10-21(27)22(28)25(2)16-17-8-5-4-6-9-17/h4-6,8-9,11-12,15,21H,3,7,10,13-14,16H2,1-2H3. The van der Waals surface area contributed by atoms with Crippen molar-refractivity contribution in [3.8, 4) is 0 Å². The minimum Gasteiger partial charge on any atom is -0.340 e. The molecule has 1 saturated heterocycles. The molecule has 4 rings (SSSR count). The van der Waals surface area contributed by atoms with Crippen LogP contribution in [0.1, 0.15) is 31.7 Å². The Balaban J connectivity index is 1.57. The number of aryl methyl sites for hydroxylation is 1. The second-order valence-electron chi connectivity index (χ2n) is 7.92. The van der Waals surface area contributed by atoms with Gasteiger partial charge in [0, 0.05) is 26.7 Å². The lowest BCUT2D eigenvalue weighted by molar-refractivity contribution is -0.133. The predicted octanol–water partition coefficient (Wildman–Crippen LogP) is 2.65. The van der Waals surface area contributed by atoms with Gasteiger partial charge in [0.25, 0.3) is 0 Å². The van der Waals surface area contributed by atoms with Crippen molar-refractivity contribution >= 4 is 27.0 Å². The Morgan fingerprint density at radius 1 is 1.19 bits per heavy atom. The molecule has 2 heterocycles. The topological polar surface area (TPSA) is 88.4 Å². The Morgan fingerprint density at radius 3 is 2.71 bits per heavy atom. The highest BCUT2D eigenvalue weighted by molar-refractivity contribution is 7.89. The van der Waals surface area contributed by atoms with Crippen LogP contribution < -0.4 is 0 Å². The summed E-state index contributed by atoms with van der Waals surface area (Å²) in [5, 5.41) is 8.23. The quantitative estimate of drug-likeness (QED) is 0.562. The molecule has 0 saturated carbocycles. The summed E-state index contributed by atoms with van der Waals surface area (Å²) >= 11 is 0. The molecule has 1 aromatic heterocycles. The third-order valence-electron chi connectivity index (χ3n) is 5.65. The van der Waals surface area contributed by atoms with Crippen molar-refractivity contribution in [2.75, 3.05) is 13.6 Å². The zero-order valence-corrected chi connectivity index (χ0v) is 18.6. The fourth-order valence-corrected chi connectivity index (χ4v) is 5.76.